The zero-order valence-corrected chi connectivity index (χ0v) is 18.8. The molecule has 0 aliphatic carbocycles. The van der Waals surface area contributed by atoms with Gasteiger partial charge in [0.1, 0.15) is 5.75 Å². The molecule has 0 bridgehead atoms. The summed E-state index contributed by atoms with van der Waals surface area (Å²) < 4.78 is 5.31. The number of ether oxygens (including phenoxy) is 1. The Morgan fingerprint density at radius 2 is 1.53 bits per heavy atom. The molecule has 0 aliphatic heterocycles. The molecule has 0 atom stereocenters. The van der Waals surface area contributed by atoms with Crippen LogP contribution in [0.2, 0.25) is 0 Å². The molecule has 3 aromatic carbocycles. The van der Waals surface area contributed by atoms with Gasteiger partial charge in [-0.25, -0.2) is 0 Å². The molecular formula is C28H33NO. The predicted octanol–water partition coefficient (Wildman–Crippen LogP) is 7.61. The molecule has 0 saturated carbocycles. The zero-order chi connectivity index (χ0) is 21.6. The van der Waals surface area contributed by atoms with Crippen LogP contribution in [0.25, 0.3) is 12.2 Å². The minimum absolute atomic E-state index is 0.0743. The number of anilines is 1. The van der Waals surface area contributed by atoms with Gasteiger partial charge in [-0.05, 0) is 67.1 Å². The summed E-state index contributed by atoms with van der Waals surface area (Å²) >= 11 is 0. The minimum Gasteiger partial charge on any atom is -0.497 e. The van der Waals surface area contributed by atoms with Crippen LogP contribution in [-0.4, -0.2) is 7.11 Å². The maximum atomic E-state index is 5.31. The van der Waals surface area contributed by atoms with Gasteiger partial charge in [0, 0.05) is 5.69 Å². The van der Waals surface area contributed by atoms with Crippen LogP contribution in [0.4, 0.5) is 5.69 Å². The largest absolute Gasteiger partial charge is 0.497 e. The second kappa shape index (κ2) is 9.67. The lowest BCUT2D eigenvalue weighted by Crippen LogP contribution is -2.34. The molecule has 3 aromatic rings. The standard InChI is InChI=1S/C28H33NO/c1-6-28(7-2,29-27-18-11-21(3)19-22(27)4)25-16-14-23(15-17-25)12-13-24-9-8-10-26(20-24)30-5/h8-20,29H,6-7H2,1-5H3. The van der Waals surface area contributed by atoms with Gasteiger partial charge in [-0.3, -0.25) is 0 Å². The van der Waals surface area contributed by atoms with E-state index in [0.29, 0.717) is 0 Å². The Hall–Kier alpha value is -3.00. The smallest absolute Gasteiger partial charge is 0.119 e. The lowest BCUT2D eigenvalue weighted by Gasteiger charge is -2.35. The number of aryl methyl sites for hydroxylation is 2. The van der Waals surface area contributed by atoms with Crippen LogP contribution in [0.3, 0.4) is 0 Å². The SMILES string of the molecule is CCC(CC)(Nc1ccc(C)cc1C)c1ccc(C=Cc2cccc(OC)c2)cc1. The van der Waals surface area contributed by atoms with E-state index in [1.54, 1.807) is 7.11 Å². The van der Waals surface area contributed by atoms with Gasteiger partial charge in [0.05, 0.1) is 12.6 Å². The number of rotatable bonds is 8. The highest BCUT2D eigenvalue weighted by atomic mass is 16.5. The molecule has 0 amide bonds. The molecule has 0 aliphatic rings. The van der Waals surface area contributed by atoms with E-state index >= 15 is 0 Å². The fraction of sp³-hybridized carbons (Fsp3) is 0.286. The summed E-state index contributed by atoms with van der Waals surface area (Å²) in [6.45, 7) is 8.84. The van der Waals surface area contributed by atoms with Crippen LogP contribution in [-0.2, 0) is 5.54 Å². The number of nitrogens with one attached hydrogen (secondary N) is 1. The third kappa shape index (κ3) is 4.94. The second-order valence-corrected chi connectivity index (χ2v) is 7.96. The molecule has 0 radical (unpaired) electrons. The Morgan fingerprint density at radius 3 is 2.17 bits per heavy atom. The van der Waals surface area contributed by atoms with Crippen molar-refractivity contribution < 1.29 is 4.74 Å². The number of hydrogen-bond acceptors (Lipinski definition) is 2. The van der Waals surface area contributed by atoms with Crippen molar-refractivity contribution in [1.82, 2.24) is 0 Å². The van der Waals surface area contributed by atoms with E-state index in [4.69, 9.17) is 4.74 Å². The first-order chi connectivity index (χ1) is 14.5. The highest BCUT2D eigenvalue weighted by Gasteiger charge is 2.28. The van der Waals surface area contributed by atoms with Gasteiger partial charge in [0.25, 0.3) is 0 Å². The van der Waals surface area contributed by atoms with E-state index in [-0.39, 0.29) is 5.54 Å². The summed E-state index contributed by atoms with van der Waals surface area (Å²) in [5, 5.41) is 3.86. The quantitative estimate of drug-likeness (QED) is 0.394. The van der Waals surface area contributed by atoms with Gasteiger partial charge in [0.15, 0.2) is 0 Å². The van der Waals surface area contributed by atoms with E-state index in [0.717, 1.165) is 24.2 Å². The first-order valence-electron chi connectivity index (χ1n) is 10.8. The highest BCUT2D eigenvalue weighted by Crippen LogP contribution is 2.34. The average Bonchev–Trinajstić information content (AvgIpc) is 2.78. The van der Waals surface area contributed by atoms with Crippen molar-refractivity contribution in [2.24, 2.45) is 0 Å². The van der Waals surface area contributed by atoms with E-state index in [1.807, 2.05) is 18.2 Å². The van der Waals surface area contributed by atoms with Gasteiger partial charge >= 0.3 is 0 Å². The van der Waals surface area contributed by atoms with E-state index in [9.17, 15) is 0 Å². The minimum atomic E-state index is -0.0743. The molecule has 156 valence electrons. The Bertz CT molecular complexity index is 997. The van der Waals surface area contributed by atoms with Crippen LogP contribution in [0.1, 0.15) is 54.5 Å². The molecule has 0 heterocycles. The predicted molar refractivity (Wildman–Crippen MR) is 130 cm³/mol. The van der Waals surface area contributed by atoms with Crippen molar-refractivity contribution in [2.45, 2.75) is 46.1 Å². The van der Waals surface area contributed by atoms with Crippen molar-refractivity contribution in [3.63, 3.8) is 0 Å². The molecule has 0 aromatic heterocycles. The summed E-state index contributed by atoms with van der Waals surface area (Å²) in [5.41, 5.74) is 7.37. The van der Waals surface area contributed by atoms with Crippen molar-refractivity contribution in [1.29, 1.82) is 0 Å². The summed E-state index contributed by atoms with van der Waals surface area (Å²) in [7, 11) is 1.70. The van der Waals surface area contributed by atoms with Crippen molar-refractivity contribution >= 4 is 17.8 Å². The molecule has 0 saturated heterocycles. The lowest BCUT2D eigenvalue weighted by atomic mass is 9.83. The fourth-order valence-corrected chi connectivity index (χ4v) is 3.97. The molecule has 30 heavy (non-hydrogen) atoms. The van der Waals surface area contributed by atoms with Gasteiger partial charge in [-0.1, -0.05) is 80.1 Å². The molecule has 0 fully saturated rings. The molecule has 1 N–H and O–H groups in total. The van der Waals surface area contributed by atoms with Crippen molar-refractivity contribution in [3.05, 3.63) is 94.5 Å². The van der Waals surface area contributed by atoms with E-state index in [2.05, 4.69) is 93.7 Å². The third-order valence-corrected chi connectivity index (χ3v) is 5.99. The second-order valence-electron chi connectivity index (χ2n) is 7.96. The van der Waals surface area contributed by atoms with Crippen molar-refractivity contribution in [2.75, 3.05) is 12.4 Å². The topological polar surface area (TPSA) is 21.3 Å². The lowest BCUT2D eigenvalue weighted by molar-refractivity contribution is 0.414. The summed E-state index contributed by atoms with van der Waals surface area (Å²) in [5.74, 6) is 0.876. The van der Waals surface area contributed by atoms with Gasteiger partial charge in [0.2, 0.25) is 0 Å². The maximum absolute atomic E-state index is 5.31. The molecule has 0 spiro atoms. The van der Waals surface area contributed by atoms with Gasteiger partial charge in [-0.2, -0.15) is 0 Å². The number of hydrogen-bond donors (Lipinski definition) is 1. The first-order valence-corrected chi connectivity index (χ1v) is 10.8. The normalized spacial score (nSPS) is 11.6. The summed E-state index contributed by atoms with van der Waals surface area (Å²) in [6.07, 6.45) is 6.32. The molecule has 2 nitrogen and oxygen atoms in total. The number of benzene rings is 3. The van der Waals surface area contributed by atoms with Crippen LogP contribution in [0.15, 0.2) is 66.7 Å². The van der Waals surface area contributed by atoms with Crippen LogP contribution in [0.5, 0.6) is 5.75 Å². The van der Waals surface area contributed by atoms with Gasteiger partial charge in [-0.15, -0.1) is 0 Å². The molecular weight excluding hydrogens is 366 g/mol. The van der Waals surface area contributed by atoms with Crippen LogP contribution >= 0.6 is 0 Å². The Balaban J connectivity index is 1.83. The monoisotopic (exact) mass is 399 g/mol. The Kier molecular flexibility index (Phi) is 6.99. The molecule has 2 heteroatoms. The average molecular weight is 400 g/mol. The van der Waals surface area contributed by atoms with Crippen LogP contribution in [0, 0.1) is 13.8 Å². The number of methoxy groups -OCH3 is 1. The Labute approximate surface area is 181 Å². The van der Waals surface area contributed by atoms with Crippen LogP contribution < -0.4 is 10.1 Å². The molecule has 0 unspecified atom stereocenters. The van der Waals surface area contributed by atoms with E-state index < -0.39 is 0 Å². The third-order valence-electron chi connectivity index (χ3n) is 5.99. The fourth-order valence-electron chi connectivity index (χ4n) is 3.97. The zero-order valence-electron chi connectivity index (χ0n) is 18.8. The van der Waals surface area contributed by atoms with E-state index in [1.165, 1.54) is 27.9 Å². The first kappa shape index (κ1) is 21.7. The maximum Gasteiger partial charge on any atom is 0.119 e. The van der Waals surface area contributed by atoms with Gasteiger partial charge < -0.3 is 10.1 Å². The highest BCUT2D eigenvalue weighted by molar-refractivity contribution is 5.70. The van der Waals surface area contributed by atoms with Crippen molar-refractivity contribution in [3.8, 4) is 5.75 Å². The summed E-state index contributed by atoms with van der Waals surface area (Å²) in [4.78, 5) is 0. The summed E-state index contributed by atoms with van der Waals surface area (Å²) in [6, 6.07) is 23.6. The molecule has 3 rings (SSSR count). The Morgan fingerprint density at radius 1 is 0.833 bits per heavy atom.